The lowest BCUT2D eigenvalue weighted by atomic mass is 10.2. The van der Waals surface area contributed by atoms with Crippen molar-refractivity contribution in [1.82, 2.24) is 4.31 Å². The zero-order valence-corrected chi connectivity index (χ0v) is 12.5. The van der Waals surface area contributed by atoms with Gasteiger partial charge < -0.3 is 9.84 Å². The fourth-order valence-electron chi connectivity index (χ4n) is 2.39. The van der Waals surface area contributed by atoms with Crippen molar-refractivity contribution < 1.29 is 18.3 Å². The van der Waals surface area contributed by atoms with Gasteiger partial charge in [0.05, 0.1) is 18.1 Å². The first-order valence-electron chi connectivity index (χ1n) is 6.96. The van der Waals surface area contributed by atoms with E-state index in [1.807, 2.05) is 6.92 Å². The van der Waals surface area contributed by atoms with E-state index in [1.165, 1.54) is 10.4 Å². The normalized spacial score (nSPS) is 17.1. The summed E-state index contributed by atoms with van der Waals surface area (Å²) in [4.78, 5) is 0.229. The summed E-state index contributed by atoms with van der Waals surface area (Å²) in [6, 6.07) is 4.68. The zero-order valence-electron chi connectivity index (χ0n) is 11.7. The minimum absolute atomic E-state index is 0.229. The molecule has 2 rings (SSSR count). The lowest BCUT2D eigenvalue weighted by Crippen LogP contribution is -2.35. The zero-order chi connectivity index (χ0) is 14.6. The van der Waals surface area contributed by atoms with Crippen LogP contribution in [0.15, 0.2) is 23.1 Å². The van der Waals surface area contributed by atoms with E-state index in [-0.39, 0.29) is 11.5 Å². The number of benzene rings is 1. The van der Waals surface area contributed by atoms with E-state index in [9.17, 15) is 13.5 Å². The number of hydrogen-bond donors (Lipinski definition) is 1. The molecule has 0 aliphatic carbocycles. The highest BCUT2D eigenvalue weighted by Gasteiger charge is 2.26. The lowest BCUT2D eigenvalue weighted by molar-refractivity contribution is 0.266. The predicted octanol–water partition coefficient (Wildman–Crippen LogP) is 1.75. The van der Waals surface area contributed by atoms with Crippen LogP contribution in [0.25, 0.3) is 0 Å². The van der Waals surface area contributed by atoms with Crippen molar-refractivity contribution in [3.8, 4) is 5.75 Å². The van der Waals surface area contributed by atoms with E-state index in [4.69, 9.17) is 4.74 Å². The highest BCUT2D eigenvalue weighted by molar-refractivity contribution is 7.89. The second kappa shape index (κ2) is 6.56. The number of hydrogen-bond acceptors (Lipinski definition) is 4. The number of ether oxygens (including phenoxy) is 1. The quantitative estimate of drug-likeness (QED) is 0.899. The van der Waals surface area contributed by atoms with E-state index in [0.29, 0.717) is 31.0 Å². The van der Waals surface area contributed by atoms with Crippen molar-refractivity contribution in [3.63, 3.8) is 0 Å². The Hall–Kier alpha value is -1.11. The molecule has 1 aromatic carbocycles. The average Bonchev–Trinajstić information content (AvgIpc) is 2.48. The Bertz CT molecular complexity index is 550. The van der Waals surface area contributed by atoms with Crippen molar-refractivity contribution in [2.45, 2.75) is 37.7 Å². The molecule has 20 heavy (non-hydrogen) atoms. The van der Waals surface area contributed by atoms with Gasteiger partial charge in [0.15, 0.2) is 0 Å². The van der Waals surface area contributed by atoms with Gasteiger partial charge in [0.1, 0.15) is 5.75 Å². The molecular weight excluding hydrogens is 278 g/mol. The van der Waals surface area contributed by atoms with Crippen molar-refractivity contribution in [2.24, 2.45) is 0 Å². The van der Waals surface area contributed by atoms with E-state index >= 15 is 0 Å². The summed E-state index contributed by atoms with van der Waals surface area (Å²) in [5, 5.41) is 9.36. The Morgan fingerprint density at radius 3 is 2.55 bits per heavy atom. The van der Waals surface area contributed by atoms with E-state index in [2.05, 4.69) is 0 Å². The Morgan fingerprint density at radius 2 is 1.95 bits per heavy atom. The number of piperidine rings is 1. The summed E-state index contributed by atoms with van der Waals surface area (Å²) in [6.07, 6.45) is 2.89. The Kier molecular flexibility index (Phi) is 5.01. The van der Waals surface area contributed by atoms with Gasteiger partial charge in [-0.1, -0.05) is 6.42 Å². The molecule has 5 nitrogen and oxygen atoms in total. The number of rotatable bonds is 5. The van der Waals surface area contributed by atoms with Crippen LogP contribution in [0, 0.1) is 0 Å². The van der Waals surface area contributed by atoms with E-state index in [0.717, 1.165) is 19.3 Å². The van der Waals surface area contributed by atoms with Crippen LogP contribution >= 0.6 is 0 Å². The second-order valence-electron chi connectivity index (χ2n) is 4.83. The van der Waals surface area contributed by atoms with Crippen molar-refractivity contribution in [2.75, 3.05) is 19.7 Å². The molecule has 0 aromatic heterocycles. The van der Waals surface area contributed by atoms with Crippen molar-refractivity contribution in [3.05, 3.63) is 23.8 Å². The van der Waals surface area contributed by atoms with Crippen LogP contribution in [0.1, 0.15) is 31.7 Å². The fraction of sp³-hybridized carbons (Fsp3) is 0.571. The minimum Gasteiger partial charge on any atom is -0.494 e. The maximum atomic E-state index is 12.5. The molecular formula is C14H21NO4S. The summed E-state index contributed by atoms with van der Waals surface area (Å²) >= 11 is 0. The van der Waals surface area contributed by atoms with Gasteiger partial charge in [-0.3, -0.25) is 0 Å². The second-order valence-corrected chi connectivity index (χ2v) is 6.76. The molecule has 1 N–H and O–H groups in total. The topological polar surface area (TPSA) is 66.8 Å². The molecule has 0 spiro atoms. The SMILES string of the molecule is CCOc1ccc(S(=O)(=O)N2CCCCC2)cc1CO. The van der Waals surface area contributed by atoms with Gasteiger partial charge in [-0.05, 0) is 38.0 Å². The third-order valence-electron chi connectivity index (χ3n) is 3.45. The van der Waals surface area contributed by atoms with Gasteiger partial charge in [-0.15, -0.1) is 0 Å². The molecule has 0 bridgehead atoms. The Balaban J connectivity index is 2.31. The molecule has 6 heteroatoms. The predicted molar refractivity (Wildman–Crippen MR) is 76.1 cm³/mol. The van der Waals surface area contributed by atoms with Crippen molar-refractivity contribution in [1.29, 1.82) is 0 Å². The minimum atomic E-state index is -3.46. The standard InChI is InChI=1S/C14H21NO4S/c1-2-19-14-7-6-13(10-12(14)11-16)20(17,18)15-8-4-3-5-9-15/h6-7,10,16H,2-5,8-9,11H2,1H3. The number of aliphatic hydroxyl groups excluding tert-OH is 1. The maximum absolute atomic E-state index is 12.5. The Labute approximate surface area is 120 Å². The van der Waals surface area contributed by atoms with Crippen LogP contribution in [0.5, 0.6) is 5.75 Å². The van der Waals surface area contributed by atoms with Crippen LogP contribution < -0.4 is 4.74 Å². The monoisotopic (exact) mass is 299 g/mol. The molecule has 112 valence electrons. The summed E-state index contributed by atoms with van der Waals surface area (Å²) < 4.78 is 31.9. The maximum Gasteiger partial charge on any atom is 0.243 e. The molecule has 0 radical (unpaired) electrons. The first-order valence-corrected chi connectivity index (χ1v) is 8.40. The van der Waals surface area contributed by atoms with Crippen LogP contribution in [-0.2, 0) is 16.6 Å². The summed E-state index contributed by atoms with van der Waals surface area (Å²) in [5.41, 5.74) is 0.505. The molecule has 0 unspecified atom stereocenters. The van der Waals surface area contributed by atoms with Crippen molar-refractivity contribution >= 4 is 10.0 Å². The molecule has 1 aliphatic rings. The largest absolute Gasteiger partial charge is 0.494 e. The van der Waals surface area contributed by atoms with E-state index < -0.39 is 10.0 Å². The molecule has 1 aromatic rings. The first kappa shape index (κ1) is 15.3. The van der Waals surface area contributed by atoms with Crippen LogP contribution in [0.4, 0.5) is 0 Å². The summed E-state index contributed by atoms with van der Waals surface area (Å²) in [5.74, 6) is 0.535. The van der Waals surface area contributed by atoms with Gasteiger partial charge >= 0.3 is 0 Å². The third-order valence-corrected chi connectivity index (χ3v) is 5.35. The molecule has 1 aliphatic heterocycles. The van der Waals surface area contributed by atoms with Crippen LogP contribution in [0.2, 0.25) is 0 Å². The molecule has 1 saturated heterocycles. The van der Waals surface area contributed by atoms with Gasteiger partial charge in [0.25, 0.3) is 0 Å². The van der Waals surface area contributed by atoms with Crippen LogP contribution in [0.3, 0.4) is 0 Å². The Morgan fingerprint density at radius 1 is 1.25 bits per heavy atom. The molecule has 0 amide bonds. The molecule has 0 atom stereocenters. The van der Waals surface area contributed by atoms with Gasteiger partial charge in [-0.2, -0.15) is 4.31 Å². The highest BCUT2D eigenvalue weighted by Crippen LogP contribution is 2.26. The highest BCUT2D eigenvalue weighted by atomic mass is 32.2. The number of nitrogens with zero attached hydrogens (tertiary/aromatic N) is 1. The van der Waals surface area contributed by atoms with E-state index in [1.54, 1.807) is 12.1 Å². The van der Waals surface area contributed by atoms with Gasteiger partial charge in [0.2, 0.25) is 10.0 Å². The number of aliphatic hydroxyl groups is 1. The molecule has 0 saturated carbocycles. The lowest BCUT2D eigenvalue weighted by Gasteiger charge is -2.26. The molecule has 1 fully saturated rings. The summed E-state index contributed by atoms with van der Waals surface area (Å²) in [7, 11) is -3.46. The smallest absolute Gasteiger partial charge is 0.243 e. The molecule has 1 heterocycles. The third kappa shape index (κ3) is 3.13. The fourth-order valence-corrected chi connectivity index (χ4v) is 3.96. The number of sulfonamides is 1. The van der Waals surface area contributed by atoms with Gasteiger partial charge in [0, 0.05) is 18.7 Å². The average molecular weight is 299 g/mol. The first-order chi connectivity index (χ1) is 9.59. The van der Waals surface area contributed by atoms with Crippen LogP contribution in [-0.4, -0.2) is 37.5 Å². The van der Waals surface area contributed by atoms with Gasteiger partial charge in [-0.25, -0.2) is 8.42 Å². The summed E-state index contributed by atoms with van der Waals surface area (Å²) in [6.45, 7) is 3.23.